The van der Waals surface area contributed by atoms with Gasteiger partial charge in [0.05, 0.1) is 7.11 Å². The van der Waals surface area contributed by atoms with Crippen LogP contribution in [0.2, 0.25) is 0 Å². The lowest BCUT2D eigenvalue weighted by Crippen LogP contribution is -2.28. The third kappa shape index (κ3) is 4.50. The molecule has 1 aromatic rings. The van der Waals surface area contributed by atoms with Gasteiger partial charge >= 0.3 is 0 Å². The van der Waals surface area contributed by atoms with Crippen molar-refractivity contribution in [1.82, 2.24) is 10.2 Å². The summed E-state index contributed by atoms with van der Waals surface area (Å²) in [5, 5.41) is 3.44. The highest BCUT2D eigenvalue weighted by molar-refractivity contribution is 5.37. The Morgan fingerprint density at radius 3 is 2.65 bits per heavy atom. The van der Waals surface area contributed by atoms with Crippen LogP contribution >= 0.6 is 0 Å². The van der Waals surface area contributed by atoms with E-state index in [0.29, 0.717) is 0 Å². The van der Waals surface area contributed by atoms with Crippen molar-refractivity contribution >= 4 is 0 Å². The first-order chi connectivity index (χ1) is 9.69. The smallest absolute Gasteiger partial charge is 0.122 e. The number of ether oxygens (including phenoxy) is 1. The summed E-state index contributed by atoms with van der Waals surface area (Å²) >= 11 is 0. The largest absolute Gasteiger partial charge is 0.496 e. The van der Waals surface area contributed by atoms with Crippen molar-refractivity contribution in [3.8, 4) is 5.75 Å². The average Bonchev–Trinajstić information content (AvgIpc) is 2.46. The number of nitrogens with zero attached hydrogens (tertiary/aromatic N) is 1. The number of nitrogens with one attached hydrogen (secondary N) is 1. The zero-order valence-electron chi connectivity index (χ0n) is 13.1. The Bertz CT molecular complexity index is 411. The molecule has 0 bridgehead atoms. The van der Waals surface area contributed by atoms with E-state index in [2.05, 4.69) is 42.5 Å². The van der Waals surface area contributed by atoms with E-state index in [4.69, 9.17) is 4.74 Å². The summed E-state index contributed by atoms with van der Waals surface area (Å²) in [5.74, 6) is 1.85. The highest BCUT2D eigenvalue weighted by atomic mass is 16.5. The van der Waals surface area contributed by atoms with Crippen LogP contribution in [0.1, 0.15) is 24.0 Å². The molecule has 3 heteroatoms. The molecule has 1 aliphatic rings. The van der Waals surface area contributed by atoms with Crippen LogP contribution in [0.3, 0.4) is 0 Å². The lowest BCUT2D eigenvalue weighted by atomic mass is 9.90. The van der Waals surface area contributed by atoms with Crippen LogP contribution in [0.5, 0.6) is 5.75 Å². The third-order valence-corrected chi connectivity index (χ3v) is 4.16. The van der Waals surface area contributed by atoms with E-state index >= 15 is 0 Å². The molecule has 0 spiro atoms. The van der Waals surface area contributed by atoms with Gasteiger partial charge in [-0.3, -0.25) is 0 Å². The standard InChI is InChI=1S/C17H28N2O/c1-19(2)11-8-14-4-5-17(20-3)16(12-14)13-15-6-9-18-10-7-15/h4-5,12,15,18H,6-11,13H2,1-3H3. The first kappa shape index (κ1) is 15.3. The van der Waals surface area contributed by atoms with E-state index in [1.54, 1.807) is 7.11 Å². The Labute approximate surface area is 123 Å². The number of likely N-dealkylation sites (N-methyl/N-ethyl adjacent to an activating group) is 1. The van der Waals surface area contributed by atoms with Gasteiger partial charge in [-0.15, -0.1) is 0 Å². The van der Waals surface area contributed by atoms with Gasteiger partial charge in [0, 0.05) is 6.54 Å². The zero-order chi connectivity index (χ0) is 14.4. The van der Waals surface area contributed by atoms with E-state index < -0.39 is 0 Å². The lowest BCUT2D eigenvalue weighted by molar-refractivity contribution is 0.361. The zero-order valence-corrected chi connectivity index (χ0v) is 13.1. The van der Waals surface area contributed by atoms with E-state index in [9.17, 15) is 0 Å². The maximum Gasteiger partial charge on any atom is 0.122 e. The fourth-order valence-corrected chi connectivity index (χ4v) is 2.90. The summed E-state index contributed by atoms with van der Waals surface area (Å²) in [6, 6.07) is 6.69. The SMILES string of the molecule is COc1ccc(CCN(C)C)cc1CC1CCNCC1. The van der Waals surface area contributed by atoms with E-state index in [0.717, 1.165) is 44.1 Å². The molecule has 0 saturated carbocycles. The Hall–Kier alpha value is -1.06. The Morgan fingerprint density at radius 2 is 2.00 bits per heavy atom. The molecule has 0 unspecified atom stereocenters. The van der Waals surface area contributed by atoms with Crippen molar-refractivity contribution < 1.29 is 4.74 Å². The number of hydrogen-bond acceptors (Lipinski definition) is 3. The number of rotatable bonds is 6. The normalized spacial score (nSPS) is 16.6. The summed E-state index contributed by atoms with van der Waals surface area (Å²) in [6.45, 7) is 3.42. The Balaban J connectivity index is 2.05. The molecular weight excluding hydrogens is 248 g/mol. The van der Waals surface area contributed by atoms with Crippen molar-refractivity contribution in [3.05, 3.63) is 29.3 Å². The van der Waals surface area contributed by atoms with Gasteiger partial charge in [-0.25, -0.2) is 0 Å². The summed E-state index contributed by atoms with van der Waals surface area (Å²) in [6.07, 6.45) is 4.83. The van der Waals surface area contributed by atoms with Gasteiger partial charge < -0.3 is 15.0 Å². The van der Waals surface area contributed by atoms with E-state index in [1.165, 1.54) is 24.0 Å². The summed E-state index contributed by atoms with van der Waals surface area (Å²) < 4.78 is 5.54. The number of hydrogen-bond donors (Lipinski definition) is 1. The summed E-state index contributed by atoms with van der Waals surface area (Å²) in [7, 11) is 6.03. The second-order valence-electron chi connectivity index (χ2n) is 6.10. The maximum absolute atomic E-state index is 5.54. The average molecular weight is 276 g/mol. The van der Waals surface area contributed by atoms with Crippen LogP contribution in [0, 0.1) is 5.92 Å². The van der Waals surface area contributed by atoms with Crippen LogP contribution in [-0.2, 0) is 12.8 Å². The van der Waals surface area contributed by atoms with Crippen molar-refractivity contribution in [2.45, 2.75) is 25.7 Å². The van der Waals surface area contributed by atoms with Gasteiger partial charge in [0.25, 0.3) is 0 Å². The van der Waals surface area contributed by atoms with Crippen molar-refractivity contribution in [2.75, 3.05) is 40.8 Å². The first-order valence-corrected chi connectivity index (χ1v) is 7.70. The predicted molar refractivity (Wildman–Crippen MR) is 84.5 cm³/mol. The second kappa shape index (κ2) is 7.65. The topological polar surface area (TPSA) is 24.5 Å². The highest BCUT2D eigenvalue weighted by Gasteiger charge is 2.16. The van der Waals surface area contributed by atoms with Crippen molar-refractivity contribution in [1.29, 1.82) is 0 Å². The second-order valence-corrected chi connectivity index (χ2v) is 6.10. The van der Waals surface area contributed by atoms with Gasteiger partial charge in [0.1, 0.15) is 5.75 Å². The van der Waals surface area contributed by atoms with Gasteiger partial charge in [-0.05, 0) is 76.0 Å². The predicted octanol–water partition coefficient (Wildman–Crippen LogP) is 2.34. The molecule has 0 atom stereocenters. The van der Waals surface area contributed by atoms with E-state index in [-0.39, 0.29) is 0 Å². The fourth-order valence-electron chi connectivity index (χ4n) is 2.90. The molecule has 3 nitrogen and oxygen atoms in total. The van der Waals surface area contributed by atoms with Gasteiger partial charge in [0.15, 0.2) is 0 Å². The molecule has 2 rings (SSSR count). The molecule has 1 aliphatic heterocycles. The number of benzene rings is 1. The summed E-state index contributed by atoms with van der Waals surface area (Å²) in [5.41, 5.74) is 2.80. The monoisotopic (exact) mass is 276 g/mol. The van der Waals surface area contributed by atoms with Gasteiger partial charge in [0.2, 0.25) is 0 Å². The molecule has 0 aliphatic carbocycles. The minimum Gasteiger partial charge on any atom is -0.496 e. The van der Waals surface area contributed by atoms with Crippen LogP contribution in [0.15, 0.2) is 18.2 Å². The minimum atomic E-state index is 0.800. The molecule has 20 heavy (non-hydrogen) atoms. The molecule has 112 valence electrons. The maximum atomic E-state index is 5.54. The van der Waals surface area contributed by atoms with Crippen LogP contribution in [-0.4, -0.2) is 45.7 Å². The minimum absolute atomic E-state index is 0.800. The number of methoxy groups -OCH3 is 1. The molecule has 1 saturated heterocycles. The Kier molecular flexibility index (Phi) is 5.86. The Morgan fingerprint density at radius 1 is 1.25 bits per heavy atom. The lowest BCUT2D eigenvalue weighted by Gasteiger charge is -2.23. The molecule has 0 amide bonds. The number of piperidine rings is 1. The molecular formula is C17H28N2O. The third-order valence-electron chi connectivity index (χ3n) is 4.16. The molecule has 1 heterocycles. The van der Waals surface area contributed by atoms with Gasteiger partial charge in [-0.2, -0.15) is 0 Å². The van der Waals surface area contributed by atoms with E-state index in [1.807, 2.05) is 0 Å². The van der Waals surface area contributed by atoms with Crippen LogP contribution < -0.4 is 10.1 Å². The quantitative estimate of drug-likeness (QED) is 0.863. The van der Waals surface area contributed by atoms with Crippen molar-refractivity contribution in [3.63, 3.8) is 0 Å². The molecule has 0 aromatic heterocycles. The van der Waals surface area contributed by atoms with Crippen LogP contribution in [0.25, 0.3) is 0 Å². The summed E-state index contributed by atoms with van der Waals surface area (Å²) in [4.78, 5) is 2.23. The molecule has 1 N–H and O–H groups in total. The van der Waals surface area contributed by atoms with Gasteiger partial charge in [-0.1, -0.05) is 12.1 Å². The molecule has 1 fully saturated rings. The first-order valence-electron chi connectivity index (χ1n) is 7.70. The van der Waals surface area contributed by atoms with Crippen molar-refractivity contribution in [2.24, 2.45) is 5.92 Å². The highest BCUT2D eigenvalue weighted by Crippen LogP contribution is 2.26. The molecule has 0 radical (unpaired) electrons. The fraction of sp³-hybridized carbons (Fsp3) is 0.647. The van der Waals surface area contributed by atoms with Crippen LogP contribution in [0.4, 0.5) is 0 Å². The molecule has 1 aromatic carbocycles.